The van der Waals surface area contributed by atoms with Gasteiger partial charge in [0.1, 0.15) is 0 Å². The van der Waals surface area contributed by atoms with E-state index in [-0.39, 0.29) is 5.96 Å². The van der Waals surface area contributed by atoms with Crippen LogP contribution in [0.25, 0.3) is 6.08 Å². The third-order valence-corrected chi connectivity index (χ3v) is 2.67. The quantitative estimate of drug-likeness (QED) is 0.497. The summed E-state index contributed by atoms with van der Waals surface area (Å²) in [4.78, 5) is 15.0. The predicted octanol–water partition coefficient (Wildman–Crippen LogP) is 1.96. The molecule has 0 saturated heterocycles. The summed E-state index contributed by atoms with van der Waals surface area (Å²) in [6.45, 7) is 3.64. The molecule has 1 aromatic carbocycles. The van der Waals surface area contributed by atoms with E-state index in [1.165, 1.54) is 0 Å². The maximum Gasteiger partial charge on any atom is 0.275 e. The molecule has 4 nitrogen and oxygen atoms in total. The van der Waals surface area contributed by atoms with Gasteiger partial charge in [0.2, 0.25) is 0 Å². The molecule has 1 amide bonds. The summed E-state index contributed by atoms with van der Waals surface area (Å²) in [5, 5.41) is 0. The standard InChI is InChI=1S/C12H14BrN3O/c1-7-6-10(13)4-3-9(7)5-8(2)11(17)16-12(14)15/h3-6H,1-2H3,(H4,14,15,16,17)/b8-5+. The summed E-state index contributed by atoms with van der Waals surface area (Å²) >= 11 is 3.38. The third kappa shape index (κ3) is 4.03. The maximum absolute atomic E-state index is 11.5. The largest absolute Gasteiger partial charge is 0.370 e. The van der Waals surface area contributed by atoms with E-state index in [0.717, 1.165) is 15.6 Å². The molecule has 0 aliphatic rings. The van der Waals surface area contributed by atoms with Gasteiger partial charge < -0.3 is 11.5 Å². The second-order valence-corrected chi connectivity index (χ2v) is 4.59. The lowest BCUT2D eigenvalue weighted by atomic mass is 10.1. The molecule has 17 heavy (non-hydrogen) atoms. The molecule has 0 fully saturated rings. The smallest absolute Gasteiger partial charge is 0.275 e. The van der Waals surface area contributed by atoms with Gasteiger partial charge >= 0.3 is 0 Å². The highest BCUT2D eigenvalue weighted by molar-refractivity contribution is 9.10. The fourth-order valence-electron chi connectivity index (χ4n) is 1.30. The van der Waals surface area contributed by atoms with Crippen LogP contribution in [0.5, 0.6) is 0 Å². The van der Waals surface area contributed by atoms with Crippen molar-refractivity contribution >= 4 is 33.9 Å². The fraction of sp³-hybridized carbons (Fsp3) is 0.167. The van der Waals surface area contributed by atoms with Crippen molar-refractivity contribution in [2.75, 3.05) is 0 Å². The van der Waals surface area contributed by atoms with Crippen LogP contribution < -0.4 is 11.5 Å². The lowest BCUT2D eigenvalue weighted by Gasteiger charge is -2.02. The van der Waals surface area contributed by atoms with Crippen molar-refractivity contribution < 1.29 is 4.79 Å². The van der Waals surface area contributed by atoms with E-state index < -0.39 is 5.91 Å². The van der Waals surface area contributed by atoms with Crippen molar-refractivity contribution in [3.63, 3.8) is 0 Å². The molecular weight excluding hydrogens is 282 g/mol. The molecule has 0 aromatic heterocycles. The van der Waals surface area contributed by atoms with Gasteiger partial charge in [-0.05, 0) is 43.2 Å². The van der Waals surface area contributed by atoms with Gasteiger partial charge in [0.15, 0.2) is 5.96 Å². The highest BCUT2D eigenvalue weighted by Crippen LogP contribution is 2.18. The number of aliphatic imine (C=N–C) groups is 1. The number of rotatable bonds is 2. The molecule has 0 aliphatic heterocycles. The minimum absolute atomic E-state index is 0.227. The second-order valence-electron chi connectivity index (χ2n) is 3.67. The van der Waals surface area contributed by atoms with Crippen LogP contribution >= 0.6 is 15.9 Å². The summed E-state index contributed by atoms with van der Waals surface area (Å²) < 4.78 is 1.00. The number of benzene rings is 1. The molecule has 0 heterocycles. The SMILES string of the molecule is C/C(=C\c1ccc(Br)cc1C)C(=O)N=C(N)N. The molecule has 0 aliphatic carbocycles. The topological polar surface area (TPSA) is 81.5 Å². The van der Waals surface area contributed by atoms with Crippen molar-refractivity contribution in [1.82, 2.24) is 0 Å². The summed E-state index contributed by atoms with van der Waals surface area (Å²) in [7, 11) is 0. The number of amides is 1. The van der Waals surface area contributed by atoms with Gasteiger partial charge in [-0.25, -0.2) is 0 Å². The zero-order valence-electron chi connectivity index (χ0n) is 9.70. The zero-order chi connectivity index (χ0) is 13.0. The van der Waals surface area contributed by atoms with Gasteiger partial charge in [-0.1, -0.05) is 22.0 Å². The average Bonchev–Trinajstić information content (AvgIpc) is 2.21. The molecule has 5 heteroatoms. The van der Waals surface area contributed by atoms with Crippen molar-refractivity contribution in [3.05, 3.63) is 39.4 Å². The van der Waals surface area contributed by atoms with Gasteiger partial charge in [0, 0.05) is 10.0 Å². The van der Waals surface area contributed by atoms with Crippen molar-refractivity contribution in [3.8, 4) is 0 Å². The summed E-state index contributed by atoms with van der Waals surface area (Å²) in [6, 6.07) is 5.81. The van der Waals surface area contributed by atoms with Crippen LogP contribution in [-0.4, -0.2) is 11.9 Å². The van der Waals surface area contributed by atoms with E-state index in [2.05, 4.69) is 20.9 Å². The minimum atomic E-state index is -0.424. The predicted molar refractivity (Wildman–Crippen MR) is 73.3 cm³/mol. The van der Waals surface area contributed by atoms with Gasteiger partial charge in [0.25, 0.3) is 5.91 Å². The van der Waals surface area contributed by atoms with Crippen LogP contribution in [0.15, 0.2) is 33.2 Å². The molecule has 90 valence electrons. The Bertz CT molecular complexity index is 502. The molecule has 1 rings (SSSR count). The zero-order valence-corrected chi connectivity index (χ0v) is 11.3. The van der Waals surface area contributed by atoms with Crippen molar-refractivity contribution in [2.24, 2.45) is 16.5 Å². The first-order valence-corrected chi connectivity index (χ1v) is 5.78. The van der Waals surface area contributed by atoms with Gasteiger partial charge in [-0.15, -0.1) is 0 Å². The molecule has 0 spiro atoms. The number of carbonyl (C=O) groups is 1. The van der Waals surface area contributed by atoms with Crippen LogP contribution in [0.2, 0.25) is 0 Å². The number of aryl methyl sites for hydroxylation is 1. The van der Waals surface area contributed by atoms with E-state index in [9.17, 15) is 4.79 Å². The summed E-state index contributed by atoms with van der Waals surface area (Å²) in [5.74, 6) is -0.650. The normalized spacial score (nSPS) is 11.1. The number of guanidine groups is 1. The molecular formula is C12H14BrN3O. The Labute approximate surface area is 109 Å². The third-order valence-electron chi connectivity index (χ3n) is 2.17. The van der Waals surface area contributed by atoms with Crippen molar-refractivity contribution in [1.29, 1.82) is 0 Å². The Kier molecular flexibility index (Phi) is 4.45. The first-order chi connectivity index (χ1) is 7.90. The van der Waals surface area contributed by atoms with E-state index >= 15 is 0 Å². The Hall–Kier alpha value is -1.62. The Balaban J connectivity index is 3.03. The molecule has 0 bridgehead atoms. The van der Waals surface area contributed by atoms with Gasteiger partial charge in [0.05, 0.1) is 0 Å². The minimum Gasteiger partial charge on any atom is -0.370 e. The number of hydrogen-bond donors (Lipinski definition) is 2. The van der Waals surface area contributed by atoms with Crippen LogP contribution in [0.1, 0.15) is 18.1 Å². The Morgan fingerprint density at radius 3 is 2.59 bits per heavy atom. The van der Waals surface area contributed by atoms with E-state index in [0.29, 0.717) is 5.57 Å². The number of nitrogens with zero attached hydrogens (tertiary/aromatic N) is 1. The van der Waals surface area contributed by atoms with Crippen LogP contribution in [0.3, 0.4) is 0 Å². The Morgan fingerprint density at radius 1 is 1.41 bits per heavy atom. The monoisotopic (exact) mass is 295 g/mol. The van der Waals surface area contributed by atoms with E-state index in [4.69, 9.17) is 11.5 Å². The van der Waals surface area contributed by atoms with Crippen LogP contribution in [0, 0.1) is 6.92 Å². The summed E-state index contributed by atoms with van der Waals surface area (Å²) in [6.07, 6.45) is 1.76. The van der Waals surface area contributed by atoms with E-state index in [1.807, 2.05) is 25.1 Å². The lowest BCUT2D eigenvalue weighted by molar-refractivity contribution is -0.114. The molecule has 0 unspecified atom stereocenters. The average molecular weight is 296 g/mol. The van der Waals surface area contributed by atoms with Crippen molar-refractivity contribution in [2.45, 2.75) is 13.8 Å². The first-order valence-electron chi connectivity index (χ1n) is 4.98. The van der Waals surface area contributed by atoms with Crippen LogP contribution in [0.4, 0.5) is 0 Å². The van der Waals surface area contributed by atoms with Gasteiger partial charge in [-0.3, -0.25) is 4.79 Å². The highest BCUT2D eigenvalue weighted by atomic mass is 79.9. The molecule has 1 aromatic rings. The van der Waals surface area contributed by atoms with Crippen LogP contribution in [-0.2, 0) is 4.79 Å². The summed E-state index contributed by atoms with van der Waals surface area (Å²) in [5.41, 5.74) is 12.8. The highest BCUT2D eigenvalue weighted by Gasteiger charge is 2.04. The number of hydrogen-bond acceptors (Lipinski definition) is 1. The first kappa shape index (κ1) is 13.4. The molecule has 0 radical (unpaired) electrons. The van der Waals surface area contributed by atoms with Gasteiger partial charge in [-0.2, -0.15) is 4.99 Å². The fourth-order valence-corrected chi connectivity index (χ4v) is 1.78. The van der Waals surface area contributed by atoms with E-state index in [1.54, 1.807) is 13.0 Å². The second kappa shape index (κ2) is 5.63. The number of carbonyl (C=O) groups excluding carboxylic acids is 1. The molecule has 0 saturated carbocycles. The maximum atomic E-state index is 11.5. The number of halogens is 1. The molecule has 4 N–H and O–H groups in total. The lowest BCUT2D eigenvalue weighted by Crippen LogP contribution is -2.24. The molecule has 0 atom stereocenters. The number of nitrogens with two attached hydrogens (primary N) is 2. The Morgan fingerprint density at radius 2 is 2.06 bits per heavy atom.